The van der Waals surface area contributed by atoms with Gasteiger partial charge in [-0.25, -0.2) is 4.98 Å². The number of nitrogens with zero attached hydrogens (tertiary/aromatic N) is 1. The molecule has 0 unspecified atom stereocenters. The number of rotatable bonds is 3. The van der Waals surface area contributed by atoms with Crippen molar-refractivity contribution in [2.75, 3.05) is 6.54 Å². The van der Waals surface area contributed by atoms with Gasteiger partial charge in [0.25, 0.3) is 5.91 Å². The van der Waals surface area contributed by atoms with Gasteiger partial charge in [0.2, 0.25) is 0 Å². The monoisotopic (exact) mass is 232 g/mol. The summed E-state index contributed by atoms with van der Waals surface area (Å²) in [7, 11) is 0. The summed E-state index contributed by atoms with van der Waals surface area (Å²) in [5.74, 6) is -0.292. The summed E-state index contributed by atoms with van der Waals surface area (Å²) >= 11 is 11.4. The standard InChI is InChI=1S/C9H10Cl2N2O/c1-2-5-12-9(14)8-6(10)3-4-7(11)13-8/h3-4H,2,5H2,1H3,(H,12,14). The molecular weight excluding hydrogens is 223 g/mol. The van der Waals surface area contributed by atoms with Gasteiger partial charge >= 0.3 is 0 Å². The second kappa shape index (κ2) is 5.17. The highest BCUT2D eigenvalue weighted by Gasteiger charge is 2.11. The number of nitrogens with one attached hydrogen (secondary N) is 1. The molecule has 1 amide bonds. The zero-order valence-corrected chi connectivity index (χ0v) is 9.19. The minimum Gasteiger partial charge on any atom is -0.351 e. The second-order valence-corrected chi connectivity index (χ2v) is 3.51. The number of halogens is 2. The largest absolute Gasteiger partial charge is 0.351 e. The molecule has 1 rings (SSSR count). The first-order valence-corrected chi connectivity index (χ1v) is 5.01. The molecule has 0 saturated carbocycles. The van der Waals surface area contributed by atoms with Crippen molar-refractivity contribution in [2.24, 2.45) is 0 Å². The number of hydrogen-bond donors (Lipinski definition) is 1. The number of pyridine rings is 1. The molecule has 0 spiro atoms. The lowest BCUT2D eigenvalue weighted by Gasteiger charge is -2.04. The van der Waals surface area contributed by atoms with Gasteiger partial charge < -0.3 is 5.32 Å². The molecule has 1 N–H and O–H groups in total. The molecule has 1 aromatic rings. The van der Waals surface area contributed by atoms with E-state index in [4.69, 9.17) is 23.2 Å². The number of hydrogen-bond acceptors (Lipinski definition) is 2. The number of aromatic nitrogens is 1. The fourth-order valence-corrected chi connectivity index (χ4v) is 1.24. The van der Waals surface area contributed by atoms with Crippen molar-refractivity contribution in [2.45, 2.75) is 13.3 Å². The SMILES string of the molecule is CCCNC(=O)c1nc(Cl)ccc1Cl. The van der Waals surface area contributed by atoms with E-state index in [9.17, 15) is 4.79 Å². The molecule has 0 fully saturated rings. The Kier molecular flexibility index (Phi) is 4.17. The lowest BCUT2D eigenvalue weighted by atomic mass is 10.3. The van der Waals surface area contributed by atoms with E-state index in [0.29, 0.717) is 11.6 Å². The van der Waals surface area contributed by atoms with Crippen LogP contribution in [0.5, 0.6) is 0 Å². The third kappa shape index (κ3) is 2.86. The van der Waals surface area contributed by atoms with Crippen LogP contribution in [0.1, 0.15) is 23.8 Å². The molecule has 14 heavy (non-hydrogen) atoms. The van der Waals surface area contributed by atoms with Crippen molar-refractivity contribution < 1.29 is 4.79 Å². The number of amides is 1. The molecule has 0 saturated heterocycles. The van der Waals surface area contributed by atoms with Gasteiger partial charge in [-0.15, -0.1) is 0 Å². The van der Waals surface area contributed by atoms with Crippen LogP contribution in [-0.2, 0) is 0 Å². The summed E-state index contributed by atoms with van der Waals surface area (Å²) in [6.07, 6.45) is 0.865. The van der Waals surface area contributed by atoms with Crippen LogP contribution in [0.4, 0.5) is 0 Å². The van der Waals surface area contributed by atoms with Gasteiger partial charge in [-0.05, 0) is 18.6 Å². The van der Waals surface area contributed by atoms with Gasteiger partial charge in [0.15, 0.2) is 0 Å². The maximum Gasteiger partial charge on any atom is 0.271 e. The highest BCUT2D eigenvalue weighted by atomic mass is 35.5. The minimum absolute atomic E-state index is 0.174. The van der Waals surface area contributed by atoms with E-state index in [2.05, 4.69) is 10.3 Å². The smallest absolute Gasteiger partial charge is 0.271 e. The zero-order chi connectivity index (χ0) is 10.6. The van der Waals surface area contributed by atoms with Crippen LogP contribution in [0.3, 0.4) is 0 Å². The van der Waals surface area contributed by atoms with E-state index >= 15 is 0 Å². The maximum absolute atomic E-state index is 11.5. The van der Waals surface area contributed by atoms with Crippen LogP contribution in [-0.4, -0.2) is 17.4 Å². The summed E-state index contributed by atoms with van der Waals surface area (Å²) in [6.45, 7) is 2.57. The van der Waals surface area contributed by atoms with E-state index in [-0.39, 0.29) is 16.8 Å². The van der Waals surface area contributed by atoms with E-state index in [1.165, 1.54) is 0 Å². The van der Waals surface area contributed by atoms with Gasteiger partial charge in [0.05, 0.1) is 5.02 Å². The predicted molar refractivity (Wildman–Crippen MR) is 56.9 cm³/mol. The molecule has 0 aliphatic heterocycles. The Balaban J connectivity index is 2.83. The van der Waals surface area contributed by atoms with E-state index in [0.717, 1.165) is 6.42 Å². The second-order valence-electron chi connectivity index (χ2n) is 2.72. The van der Waals surface area contributed by atoms with Gasteiger partial charge in [-0.3, -0.25) is 4.79 Å². The number of carbonyl (C=O) groups is 1. The lowest BCUT2D eigenvalue weighted by molar-refractivity contribution is 0.0949. The summed E-state index contributed by atoms with van der Waals surface area (Å²) in [5.41, 5.74) is 0.174. The van der Waals surface area contributed by atoms with E-state index in [1.54, 1.807) is 12.1 Å². The third-order valence-corrected chi connectivity index (χ3v) is 2.08. The van der Waals surface area contributed by atoms with Crippen LogP contribution in [0, 0.1) is 0 Å². The average molecular weight is 233 g/mol. The first-order chi connectivity index (χ1) is 6.65. The van der Waals surface area contributed by atoms with Gasteiger partial charge in [-0.1, -0.05) is 30.1 Å². The van der Waals surface area contributed by atoms with Crippen molar-refractivity contribution in [3.05, 3.63) is 28.0 Å². The molecule has 3 nitrogen and oxygen atoms in total. The quantitative estimate of drug-likeness (QED) is 0.815. The summed E-state index contributed by atoms with van der Waals surface area (Å²) in [4.78, 5) is 15.3. The fraction of sp³-hybridized carbons (Fsp3) is 0.333. The summed E-state index contributed by atoms with van der Waals surface area (Å²) in [6, 6.07) is 3.10. The highest BCUT2D eigenvalue weighted by Crippen LogP contribution is 2.16. The highest BCUT2D eigenvalue weighted by molar-refractivity contribution is 6.34. The lowest BCUT2D eigenvalue weighted by Crippen LogP contribution is -2.25. The molecule has 0 atom stereocenters. The molecule has 0 aliphatic rings. The van der Waals surface area contributed by atoms with Crippen molar-refractivity contribution in [3.8, 4) is 0 Å². The van der Waals surface area contributed by atoms with Crippen LogP contribution in [0.2, 0.25) is 10.2 Å². The third-order valence-electron chi connectivity index (χ3n) is 1.56. The number of carbonyl (C=O) groups excluding carboxylic acids is 1. The molecule has 0 radical (unpaired) electrons. The van der Waals surface area contributed by atoms with E-state index < -0.39 is 0 Å². The molecule has 5 heteroatoms. The fourth-order valence-electron chi connectivity index (χ4n) is 0.900. The van der Waals surface area contributed by atoms with Crippen LogP contribution >= 0.6 is 23.2 Å². The van der Waals surface area contributed by atoms with Crippen molar-refractivity contribution >= 4 is 29.1 Å². The first kappa shape index (κ1) is 11.3. The van der Waals surface area contributed by atoms with Gasteiger partial charge in [0, 0.05) is 6.54 Å². The molecule has 76 valence electrons. The Morgan fingerprint density at radius 2 is 2.21 bits per heavy atom. The molecular formula is C9H10Cl2N2O. The van der Waals surface area contributed by atoms with Gasteiger partial charge in [-0.2, -0.15) is 0 Å². The van der Waals surface area contributed by atoms with Crippen molar-refractivity contribution in [1.82, 2.24) is 10.3 Å². The normalized spacial score (nSPS) is 9.93. The average Bonchev–Trinajstić information content (AvgIpc) is 2.18. The molecule has 1 aromatic heterocycles. The van der Waals surface area contributed by atoms with Crippen LogP contribution in [0.15, 0.2) is 12.1 Å². The molecule has 0 aromatic carbocycles. The Labute approximate surface area is 92.4 Å². The van der Waals surface area contributed by atoms with Crippen LogP contribution < -0.4 is 5.32 Å². The minimum atomic E-state index is -0.292. The van der Waals surface area contributed by atoms with Gasteiger partial charge in [0.1, 0.15) is 10.8 Å². The zero-order valence-electron chi connectivity index (χ0n) is 7.68. The van der Waals surface area contributed by atoms with E-state index in [1.807, 2.05) is 6.92 Å². The molecule has 0 aliphatic carbocycles. The Hall–Kier alpha value is -0.800. The molecule has 1 heterocycles. The first-order valence-electron chi connectivity index (χ1n) is 4.25. The predicted octanol–water partition coefficient (Wildman–Crippen LogP) is 2.53. The van der Waals surface area contributed by atoms with Crippen LogP contribution in [0.25, 0.3) is 0 Å². The summed E-state index contributed by atoms with van der Waals surface area (Å²) < 4.78 is 0. The van der Waals surface area contributed by atoms with Crippen molar-refractivity contribution in [3.63, 3.8) is 0 Å². The maximum atomic E-state index is 11.5. The molecule has 0 bridgehead atoms. The Morgan fingerprint density at radius 1 is 1.50 bits per heavy atom. The topological polar surface area (TPSA) is 42.0 Å². The Bertz CT molecular complexity index is 342. The van der Waals surface area contributed by atoms with Crippen molar-refractivity contribution in [1.29, 1.82) is 0 Å². The summed E-state index contributed by atoms with van der Waals surface area (Å²) in [5, 5.41) is 3.24. The Morgan fingerprint density at radius 3 is 2.86 bits per heavy atom.